The van der Waals surface area contributed by atoms with Gasteiger partial charge in [-0.05, 0) is 81.9 Å². The molecule has 10 rings (SSSR count). The van der Waals surface area contributed by atoms with Crippen LogP contribution in [0.1, 0.15) is 0 Å². The fourth-order valence-electron chi connectivity index (χ4n) is 7.15. The summed E-state index contributed by atoms with van der Waals surface area (Å²) in [5.41, 5.74) is 12.8. The molecular formula is C43H26N2S. The van der Waals surface area contributed by atoms with Crippen molar-refractivity contribution < 1.29 is 0 Å². The molecular weight excluding hydrogens is 577 g/mol. The fourth-order valence-corrected chi connectivity index (χ4v) is 8.24. The molecule has 2 nitrogen and oxygen atoms in total. The number of pyridine rings is 1. The molecule has 4 heterocycles. The molecule has 0 spiro atoms. The molecule has 4 aromatic heterocycles. The van der Waals surface area contributed by atoms with Gasteiger partial charge in [-0.15, -0.1) is 11.3 Å². The third-order valence-electron chi connectivity index (χ3n) is 9.34. The molecule has 0 aliphatic rings. The van der Waals surface area contributed by atoms with Gasteiger partial charge >= 0.3 is 0 Å². The van der Waals surface area contributed by atoms with E-state index >= 15 is 0 Å². The van der Waals surface area contributed by atoms with Crippen LogP contribution >= 0.6 is 11.3 Å². The summed E-state index contributed by atoms with van der Waals surface area (Å²) < 4.78 is 4.98. The monoisotopic (exact) mass is 602 g/mol. The molecule has 10 aromatic rings. The van der Waals surface area contributed by atoms with E-state index in [9.17, 15) is 0 Å². The Labute approximate surface area is 269 Å². The van der Waals surface area contributed by atoms with Gasteiger partial charge in [-0.1, -0.05) is 109 Å². The van der Waals surface area contributed by atoms with Crippen molar-refractivity contribution in [3.63, 3.8) is 0 Å². The highest BCUT2D eigenvalue weighted by molar-refractivity contribution is 7.25. The number of nitrogens with zero attached hydrogens (tertiary/aromatic N) is 2. The average molecular weight is 603 g/mol. The summed E-state index contributed by atoms with van der Waals surface area (Å²) in [4.78, 5) is 5.07. The van der Waals surface area contributed by atoms with Crippen LogP contribution in [0.2, 0.25) is 0 Å². The van der Waals surface area contributed by atoms with Crippen molar-refractivity contribution in [1.82, 2.24) is 9.38 Å². The second-order valence-corrected chi connectivity index (χ2v) is 13.1. The first-order valence-corrected chi connectivity index (χ1v) is 16.4. The lowest BCUT2D eigenvalue weighted by Crippen LogP contribution is -1.84. The summed E-state index contributed by atoms with van der Waals surface area (Å²) in [6, 6.07) is 57.3. The molecule has 0 fully saturated rings. The summed E-state index contributed by atoms with van der Waals surface area (Å²) in [7, 11) is 0. The zero-order chi connectivity index (χ0) is 30.2. The minimum absolute atomic E-state index is 0.984. The van der Waals surface area contributed by atoms with Crippen LogP contribution in [0, 0.1) is 0 Å². The summed E-state index contributed by atoms with van der Waals surface area (Å²) in [6.45, 7) is 0. The van der Waals surface area contributed by atoms with E-state index in [0.717, 1.165) is 16.9 Å². The van der Waals surface area contributed by atoms with Gasteiger partial charge in [0.05, 0.1) is 16.7 Å². The lowest BCUT2D eigenvalue weighted by Gasteiger charge is -2.09. The minimum Gasteiger partial charge on any atom is -0.292 e. The molecule has 3 heteroatoms. The Bertz CT molecular complexity index is 2750. The van der Waals surface area contributed by atoms with Gasteiger partial charge in [0.25, 0.3) is 0 Å². The van der Waals surface area contributed by atoms with Gasteiger partial charge in [0.2, 0.25) is 0 Å². The number of benzene rings is 6. The number of fused-ring (bicyclic) bond motifs is 6. The van der Waals surface area contributed by atoms with E-state index in [1.54, 1.807) is 0 Å². The van der Waals surface area contributed by atoms with Gasteiger partial charge in [-0.25, -0.2) is 4.98 Å². The topological polar surface area (TPSA) is 17.3 Å². The second kappa shape index (κ2) is 9.87. The number of thiophene rings is 1. The van der Waals surface area contributed by atoms with E-state index < -0.39 is 0 Å². The molecule has 0 aliphatic carbocycles. The Morgan fingerprint density at radius 1 is 0.391 bits per heavy atom. The number of hydrogen-bond acceptors (Lipinski definition) is 2. The third-order valence-corrected chi connectivity index (χ3v) is 10.5. The highest BCUT2D eigenvalue weighted by Gasteiger charge is 2.19. The molecule has 0 amide bonds. The van der Waals surface area contributed by atoms with Gasteiger partial charge in [0.15, 0.2) is 0 Å². The molecule has 0 bridgehead atoms. The van der Waals surface area contributed by atoms with Crippen molar-refractivity contribution in [2.75, 3.05) is 0 Å². The normalized spacial score (nSPS) is 11.9. The Hall–Kier alpha value is -5.77. The zero-order valence-corrected chi connectivity index (χ0v) is 25.6. The minimum atomic E-state index is 0.984. The Balaban J connectivity index is 1.08. The standard InChI is InChI=1S/C43H26N2S/c1-2-9-27(10-3-1)42-43-37-26-32(19-21-34(37)38-16-8-18-41(44-42)45(38)43)30-13-6-11-28(23-30)29-12-7-14-31(24-29)33-20-22-40-36(25-33)35-15-4-5-17-39(35)46-40/h1-26H. The molecule has 214 valence electrons. The molecule has 6 aromatic carbocycles. The average Bonchev–Trinajstić information content (AvgIpc) is 3.81. The van der Waals surface area contributed by atoms with Crippen molar-refractivity contribution >= 4 is 59.0 Å². The molecule has 0 aliphatic heterocycles. The first kappa shape index (κ1) is 25.5. The van der Waals surface area contributed by atoms with E-state index in [-0.39, 0.29) is 0 Å². The molecule has 0 atom stereocenters. The highest BCUT2D eigenvalue weighted by Crippen LogP contribution is 2.40. The highest BCUT2D eigenvalue weighted by atomic mass is 32.1. The van der Waals surface area contributed by atoms with Crippen LogP contribution in [0.5, 0.6) is 0 Å². The number of aromatic nitrogens is 2. The van der Waals surface area contributed by atoms with Gasteiger partial charge in [0.1, 0.15) is 5.65 Å². The molecule has 0 radical (unpaired) electrons. The number of rotatable bonds is 4. The summed E-state index contributed by atoms with van der Waals surface area (Å²) in [5, 5.41) is 5.14. The smallest absolute Gasteiger partial charge is 0.138 e. The Morgan fingerprint density at radius 3 is 1.74 bits per heavy atom. The lowest BCUT2D eigenvalue weighted by atomic mass is 9.95. The Kier molecular flexibility index (Phi) is 5.48. The molecule has 0 N–H and O–H groups in total. The van der Waals surface area contributed by atoms with Crippen molar-refractivity contribution in [1.29, 1.82) is 0 Å². The van der Waals surface area contributed by atoms with E-state index in [1.165, 1.54) is 75.4 Å². The number of hydrogen-bond donors (Lipinski definition) is 0. The Morgan fingerprint density at radius 2 is 0.978 bits per heavy atom. The van der Waals surface area contributed by atoms with Crippen molar-refractivity contribution in [3.8, 4) is 44.6 Å². The van der Waals surface area contributed by atoms with E-state index in [0.29, 0.717) is 0 Å². The van der Waals surface area contributed by atoms with Crippen LogP contribution in [-0.4, -0.2) is 9.38 Å². The maximum absolute atomic E-state index is 5.07. The van der Waals surface area contributed by atoms with Gasteiger partial charge in [-0.3, -0.25) is 4.40 Å². The van der Waals surface area contributed by atoms with E-state index in [2.05, 4.69) is 162 Å². The zero-order valence-electron chi connectivity index (χ0n) is 24.8. The first-order valence-electron chi connectivity index (χ1n) is 15.6. The SMILES string of the molecule is c1ccc(-c2nc3cccc4c5ccc(-c6cccc(-c7cccc(-c8ccc9sc%10ccccc%10c9c8)c7)c6)cc5c2n34)cc1. The van der Waals surface area contributed by atoms with E-state index in [1.807, 2.05) is 11.3 Å². The summed E-state index contributed by atoms with van der Waals surface area (Å²) in [6.07, 6.45) is 0. The maximum atomic E-state index is 5.07. The molecule has 0 unspecified atom stereocenters. The third kappa shape index (κ3) is 3.86. The molecule has 0 saturated carbocycles. The molecule has 0 saturated heterocycles. The predicted molar refractivity (Wildman–Crippen MR) is 196 cm³/mol. The van der Waals surface area contributed by atoms with Crippen LogP contribution in [0.15, 0.2) is 158 Å². The van der Waals surface area contributed by atoms with Crippen LogP contribution in [-0.2, 0) is 0 Å². The number of imidazole rings is 1. The quantitative estimate of drug-likeness (QED) is 0.196. The van der Waals surface area contributed by atoms with Crippen LogP contribution in [0.25, 0.3) is 92.3 Å². The van der Waals surface area contributed by atoms with Crippen molar-refractivity contribution in [2.45, 2.75) is 0 Å². The summed E-state index contributed by atoms with van der Waals surface area (Å²) in [5.74, 6) is 0. The first-order chi connectivity index (χ1) is 22.8. The van der Waals surface area contributed by atoms with Gasteiger partial charge in [0, 0.05) is 36.5 Å². The van der Waals surface area contributed by atoms with Gasteiger partial charge < -0.3 is 0 Å². The molecule has 46 heavy (non-hydrogen) atoms. The van der Waals surface area contributed by atoms with Crippen molar-refractivity contribution in [3.05, 3.63) is 158 Å². The fraction of sp³-hybridized carbons (Fsp3) is 0. The predicted octanol–water partition coefficient (Wildman–Crippen LogP) is 12.1. The van der Waals surface area contributed by atoms with Gasteiger partial charge in [-0.2, -0.15) is 0 Å². The van der Waals surface area contributed by atoms with Crippen molar-refractivity contribution in [2.24, 2.45) is 0 Å². The van der Waals surface area contributed by atoms with Crippen LogP contribution in [0.4, 0.5) is 0 Å². The van der Waals surface area contributed by atoms with Crippen LogP contribution < -0.4 is 0 Å². The van der Waals surface area contributed by atoms with Crippen LogP contribution in [0.3, 0.4) is 0 Å². The maximum Gasteiger partial charge on any atom is 0.138 e. The largest absolute Gasteiger partial charge is 0.292 e. The summed E-state index contributed by atoms with van der Waals surface area (Å²) >= 11 is 1.86. The lowest BCUT2D eigenvalue weighted by molar-refractivity contribution is 1.31. The van der Waals surface area contributed by atoms with E-state index in [4.69, 9.17) is 4.98 Å². The second-order valence-electron chi connectivity index (χ2n) is 12.0.